The minimum Gasteiger partial charge on any atom is -0.545 e. The van der Waals surface area contributed by atoms with Gasteiger partial charge in [-0.2, -0.15) is 0 Å². The van der Waals surface area contributed by atoms with Crippen LogP contribution >= 0.6 is 0 Å². The van der Waals surface area contributed by atoms with Crippen molar-refractivity contribution in [3.8, 4) is 0 Å². The SMILES string of the molecule is C[Si](C)(C)O/C(=C(/O[Si]1([Si]([Si](C)(C)C)([Si](C)(C)C)[Si](C)(C)C)C([Si](C)(C)C)=C1[Si](C)(C)C)C12CC3CC(CC(C3)C1)C2)C12CC3CC(CC(C3)C1)C2. The van der Waals surface area contributed by atoms with E-state index in [1.54, 1.807) is 11.5 Å². The molecule has 8 bridgehead atoms. The fraction of sp³-hybridized carbons (Fsp3) is 0.905. The van der Waals surface area contributed by atoms with Gasteiger partial charge in [-0.3, -0.25) is 0 Å². The molecule has 1 heterocycles. The molecule has 0 aromatic rings. The summed E-state index contributed by atoms with van der Waals surface area (Å²) in [6.45, 7) is 50.3. The van der Waals surface area contributed by atoms with Gasteiger partial charge in [0.25, 0.3) is 7.83 Å². The summed E-state index contributed by atoms with van der Waals surface area (Å²) >= 11 is 0. The average Bonchev–Trinajstić information content (AvgIpc) is 3.57. The zero-order valence-corrected chi connectivity index (χ0v) is 45.8. The van der Waals surface area contributed by atoms with Gasteiger partial charge in [-0.05, 0) is 132 Å². The molecule has 0 N–H and O–H groups in total. The maximum Gasteiger partial charge on any atom is 0.272 e. The molecule has 0 saturated heterocycles. The second-order valence-corrected chi connectivity index (χ2v) is 93.4. The first-order chi connectivity index (χ1) is 23.4. The molecule has 10 heteroatoms. The first kappa shape index (κ1) is 41.0. The van der Waals surface area contributed by atoms with Crippen LogP contribution in [0.15, 0.2) is 21.2 Å². The topological polar surface area (TPSA) is 18.5 Å². The fourth-order valence-corrected chi connectivity index (χ4v) is 196. The lowest BCUT2D eigenvalue weighted by Crippen LogP contribution is -2.93. The van der Waals surface area contributed by atoms with Crippen molar-refractivity contribution in [2.45, 2.75) is 195 Å². The van der Waals surface area contributed by atoms with Crippen LogP contribution in [0, 0.1) is 46.3 Å². The van der Waals surface area contributed by atoms with Gasteiger partial charge < -0.3 is 8.85 Å². The molecule has 8 aliphatic carbocycles. The van der Waals surface area contributed by atoms with Gasteiger partial charge in [0.15, 0.2) is 0 Å². The molecule has 0 amide bonds. The quantitative estimate of drug-likeness (QED) is 0.144. The van der Waals surface area contributed by atoms with E-state index in [0.29, 0.717) is 0 Å². The third-order valence-corrected chi connectivity index (χ3v) is 135. The first-order valence-corrected chi connectivity index (χ1v) is 51.1. The molecular formula is C42H84O2Si8. The van der Waals surface area contributed by atoms with E-state index >= 15 is 0 Å². The highest BCUT2D eigenvalue weighted by atomic mass is 30.2. The van der Waals surface area contributed by atoms with Crippen molar-refractivity contribution in [2.24, 2.45) is 46.3 Å². The second-order valence-electron chi connectivity index (χ2n) is 26.8. The van der Waals surface area contributed by atoms with Gasteiger partial charge in [0.1, 0.15) is 11.5 Å². The maximum absolute atomic E-state index is 9.33. The molecule has 9 rings (SSSR count). The summed E-state index contributed by atoms with van der Waals surface area (Å²) < 4.78 is 17.4. The highest BCUT2D eigenvalue weighted by Gasteiger charge is 2.85. The lowest BCUT2D eigenvalue weighted by atomic mass is 9.46. The Bertz CT molecular complexity index is 1390. The summed E-state index contributed by atoms with van der Waals surface area (Å²) in [7, 11) is -12.8. The zero-order chi connectivity index (χ0) is 38.7. The molecule has 0 spiro atoms. The van der Waals surface area contributed by atoms with E-state index in [0.717, 1.165) is 35.5 Å². The first-order valence-electron chi connectivity index (χ1n) is 22.3. The van der Waals surface area contributed by atoms with Gasteiger partial charge in [-0.1, -0.05) is 108 Å². The van der Waals surface area contributed by atoms with Crippen molar-refractivity contribution < 1.29 is 8.85 Å². The Kier molecular flexibility index (Phi) is 9.60. The average molecular weight is 846 g/mol. The van der Waals surface area contributed by atoms with Crippen molar-refractivity contribution in [3.05, 3.63) is 21.2 Å². The predicted octanol–water partition coefficient (Wildman–Crippen LogP) is 13.4. The van der Waals surface area contributed by atoms with Gasteiger partial charge in [-0.15, -0.1) is 0 Å². The Morgan fingerprint density at radius 2 is 0.712 bits per heavy atom. The van der Waals surface area contributed by atoms with Crippen LogP contribution in [-0.2, 0) is 8.85 Å². The highest BCUT2D eigenvalue weighted by Crippen LogP contribution is 2.71. The smallest absolute Gasteiger partial charge is 0.272 e. The van der Waals surface area contributed by atoms with Crippen LogP contribution in [0.3, 0.4) is 0 Å². The van der Waals surface area contributed by atoms with E-state index in [9.17, 15) is 4.43 Å². The lowest BCUT2D eigenvalue weighted by molar-refractivity contribution is -0.0723. The summed E-state index contributed by atoms with van der Waals surface area (Å²) in [5.74, 6) is 8.69. The van der Waals surface area contributed by atoms with E-state index in [1.807, 2.05) is 0 Å². The van der Waals surface area contributed by atoms with Gasteiger partial charge in [0.2, 0.25) is 8.32 Å². The Morgan fingerprint density at radius 1 is 0.442 bits per heavy atom. The van der Waals surface area contributed by atoms with Crippen LogP contribution in [0.5, 0.6) is 0 Å². The summed E-state index contributed by atoms with van der Waals surface area (Å²) in [6.07, 6.45) is 15.5. The van der Waals surface area contributed by atoms with Crippen molar-refractivity contribution in [1.82, 2.24) is 0 Å². The standard InChI is InChI=1S/C42H84O2Si8/c1-45(2,3)39-40(46(4,5)6)51(39,52(48(10,11)12,49(13,14)15)50(16,17)18)44-38(42-28-34-22-35(29-42)24-36(23-34)30-42)37(43-47(7,8)9)41-25-31-19-32(26-41)21-33(20-31)27-41/h31-36H,19-30H2,1-18H3/b38-37+. The molecule has 9 aliphatic rings. The van der Waals surface area contributed by atoms with Gasteiger partial charge >= 0.3 is 0 Å². The van der Waals surface area contributed by atoms with E-state index in [2.05, 4.69) is 127 Å². The molecule has 0 aromatic heterocycles. The predicted molar refractivity (Wildman–Crippen MR) is 249 cm³/mol. The minimum absolute atomic E-state index is 0.225. The monoisotopic (exact) mass is 844 g/mol. The summed E-state index contributed by atoms with van der Waals surface area (Å²) in [5, 5.41) is 0. The van der Waals surface area contributed by atoms with Crippen molar-refractivity contribution >= 4 is 61.2 Å². The molecule has 0 radical (unpaired) electrons. The van der Waals surface area contributed by atoms with Crippen molar-refractivity contribution in [1.29, 1.82) is 0 Å². The molecule has 52 heavy (non-hydrogen) atoms. The van der Waals surface area contributed by atoms with Crippen LogP contribution in [0.4, 0.5) is 0 Å². The van der Waals surface area contributed by atoms with E-state index < -0.39 is 61.2 Å². The Labute approximate surface area is 330 Å². The molecule has 0 aromatic carbocycles. The summed E-state index contributed by atoms with van der Waals surface area (Å²) in [4.78, 5) is 4.22. The molecule has 8 saturated carbocycles. The molecule has 296 valence electrons. The molecule has 1 aliphatic heterocycles. The number of allylic oxidation sites excluding steroid dienone is 2. The van der Waals surface area contributed by atoms with E-state index in [4.69, 9.17) is 4.43 Å². The number of hydrogen-bond acceptors (Lipinski definition) is 2. The highest BCUT2D eigenvalue weighted by molar-refractivity contribution is 8.09. The molecule has 0 atom stereocenters. The van der Waals surface area contributed by atoms with Crippen molar-refractivity contribution in [3.63, 3.8) is 0 Å². The van der Waals surface area contributed by atoms with Gasteiger partial charge in [-0.25, -0.2) is 0 Å². The third kappa shape index (κ3) is 6.18. The Balaban J connectivity index is 1.59. The third-order valence-electron chi connectivity index (χ3n) is 16.2. The maximum atomic E-state index is 9.33. The second kappa shape index (κ2) is 12.2. The Morgan fingerprint density at radius 3 is 0.942 bits per heavy atom. The van der Waals surface area contributed by atoms with Crippen LogP contribution in [0.25, 0.3) is 0 Å². The van der Waals surface area contributed by atoms with Gasteiger partial charge in [0.05, 0.1) is 22.3 Å². The summed E-state index contributed by atoms with van der Waals surface area (Å²) in [5.41, 5.74) is 0.460. The number of hydrogen-bond donors (Lipinski definition) is 0. The zero-order valence-electron chi connectivity index (χ0n) is 37.8. The van der Waals surface area contributed by atoms with Crippen LogP contribution in [-0.4, -0.2) is 61.2 Å². The molecule has 2 nitrogen and oxygen atoms in total. The van der Waals surface area contributed by atoms with Gasteiger partial charge in [0, 0.05) is 33.6 Å². The largest absolute Gasteiger partial charge is 0.545 e. The molecule has 0 unspecified atom stereocenters. The van der Waals surface area contributed by atoms with Crippen LogP contribution < -0.4 is 0 Å². The minimum atomic E-state index is -2.48. The lowest BCUT2D eigenvalue weighted by Gasteiger charge is -2.64. The van der Waals surface area contributed by atoms with Crippen LogP contribution in [0.2, 0.25) is 118 Å². The Hall–Kier alpha value is 0.815. The van der Waals surface area contributed by atoms with E-state index in [1.165, 1.54) is 77.0 Å². The fourth-order valence-electron chi connectivity index (χ4n) is 17.6. The number of rotatable bonds is 12. The van der Waals surface area contributed by atoms with Crippen molar-refractivity contribution in [2.75, 3.05) is 0 Å². The van der Waals surface area contributed by atoms with E-state index in [-0.39, 0.29) is 10.8 Å². The van der Waals surface area contributed by atoms with Crippen LogP contribution in [0.1, 0.15) is 77.0 Å². The molecule has 8 fully saturated rings. The summed E-state index contributed by atoms with van der Waals surface area (Å²) in [6, 6.07) is 0. The normalized spacial score (nSPS) is 37.8. The molecular weight excluding hydrogens is 761 g/mol.